The Morgan fingerprint density at radius 3 is 2.76 bits per heavy atom. The van der Waals surface area contributed by atoms with Gasteiger partial charge in [-0.05, 0) is 18.5 Å². The Morgan fingerprint density at radius 2 is 2.24 bits per heavy atom. The first-order chi connectivity index (χ1) is 8.15. The zero-order chi connectivity index (χ0) is 12.8. The normalized spacial score (nSPS) is 10.3. The van der Waals surface area contributed by atoms with Crippen molar-refractivity contribution in [3.63, 3.8) is 0 Å². The number of hydrogen-bond acceptors (Lipinski definition) is 7. The van der Waals surface area contributed by atoms with Gasteiger partial charge in [0.15, 0.2) is 5.82 Å². The molecule has 0 amide bonds. The van der Waals surface area contributed by atoms with Crippen molar-refractivity contribution < 1.29 is 14.3 Å². The highest BCUT2D eigenvalue weighted by Gasteiger charge is 2.23. The molecule has 0 saturated carbocycles. The first kappa shape index (κ1) is 13.7. The van der Waals surface area contributed by atoms with Crippen molar-refractivity contribution in [2.24, 2.45) is 0 Å². The average Bonchev–Trinajstić information content (AvgIpc) is 2.71. The minimum Gasteiger partial charge on any atom is -0.465 e. The third-order valence-electron chi connectivity index (χ3n) is 2.32. The van der Waals surface area contributed by atoms with E-state index in [2.05, 4.69) is 4.37 Å². The van der Waals surface area contributed by atoms with Gasteiger partial charge in [-0.1, -0.05) is 0 Å². The maximum absolute atomic E-state index is 11.6. The van der Waals surface area contributed by atoms with Crippen LogP contribution in [-0.2, 0) is 9.47 Å². The Kier molecular flexibility index (Phi) is 5.17. The van der Waals surface area contributed by atoms with Crippen LogP contribution >= 0.6 is 11.5 Å². The molecule has 17 heavy (non-hydrogen) atoms. The number of carbonyl (C=O) groups excluding carboxylic acids is 1. The fourth-order valence-electron chi connectivity index (χ4n) is 1.41. The van der Waals surface area contributed by atoms with Gasteiger partial charge in [0.1, 0.15) is 10.6 Å². The minimum atomic E-state index is -0.456. The van der Waals surface area contributed by atoms with E-state index in [-0.39, 0.29) is 5.82 Å². The Bertz CT molecular complexity index is 381. The van der Waals surface area contributed by atoms with E-state index in [0.29, 0.717) is 18.7 Å². The summed E-state index contributed by atoms with van der Waals surface area (Å²) in [7, 11) is 2.96. The minimum absolute atomic E-state index is 0.215. The van der Waals surface area contributed by atoms with Gasteiger partial charge >= 0.3 is 5.97 Å². The summed E-state index contributed by atoms with van der Waals surface area (Å²) in [4.78, 5) is 13.6. The van der Waals surface area contributed by atoms with E-state index in [4.69, 9.17) is 15.2 Å². The van der Waals surface area contributed by atoms with Crippen molar-refractivity contribution in [3.8, 4) is 0 Å². The van der Waals surface area contributed by atoms with Crippen LogP contribution in [0, 0.1) is 0 Å². The molecule has 0 fully saturated rings. The number of rotatable bonds is 6. The summed E-state index contributed by atoms with van der Waals surface area (Å²) in [5.74, 6) is -0.241. The largest absolute Gasteiger partial charge is 0.465 e. The van der Waals surface area contributed by atoms with E-state index >= 15 is 0 Å². The maximum atomic E-state index is 11.6. The van der Waals surface area contributed by atoms with Gasteiger partial charge in [0.25, 0.3) is 0 Å². The molecule has 0 unspecified atom stereocenters. The highest BCUT2D eigenvalue weighted by Crippen LogP contribution is 2.30. The van der Waals surface area contributed by atoms with Crippen molar-refractivity contribution in [2.45, 2.75) is 6.92 Å². The van der Waals surface area contributed by atoms with Crippen LogP contribution in [0.3, 0.4) is 0 Å². The van der Waals surface area contributed by atoms with Crippen molar-refractivity contribution in [2.75, 3.05) is 44.5 Å². The van der Waals surface area contributed by atoms with Crippen molar-refractivity contribution in [1.82, 2.24) is 4.37 Å². The summed E-state index contributed by atoms with van der Waals surface area (Å²) in [5, 5.41) is 0.730. The first-order valence-electron chi connectivity index (χ1n) is 5.23. The highest BCUT2D eigenvalue weighted by atomic mass is 32.1. The van der Waals surface area contributed by atoms with Crippen LogP contribution in [0.25, 0.3) is 0 Å². The summed E-state index contributed by atoms with van der Waals surface area (Å²) >= 11 is 1.20. The van der Waals surface area contributed by atoms with Gasteiger partial charge in [0.05, 0.1) is 13.7 Å². The molecule has 6 nitrogen and oxygen atoms in total. The number of aromatic nitrogens is 1. The van der Waals surface area contributed by atoms with Crippen LogP contribution in [0.4, 0.5) is 10.8 Å². The monoisotopic (exact) mass is 259 g/mol. The molecular formula is C10H17N3O3S. The van der Waals surface area contributed by atoms with E-state index in [9.17, 15) is 4.79 Å². The standard InChI is InChI=1S/C10H17N3O3S/c1-4-13(5-6-15-2)9-7(10(14)16-3)8(11)12-17-9/h4-6H2,1-3H3,(H2,11,12). The molecule has 1 heterocycles. The molecule has 7 heteroatoms. The molecule has 0 aromatic carbocycles. The number of ether oxygens (including phenoxy) is 2. The van der Waals surface area contributed by atoms with E-state index in [1.807, 2.05) is 11.8 Å². The zero-order valence-corrected chi connectivity index (χ0v) is 11.0. The quantitative estimate of drug-likeness (QED) is 0.767. The first-order valence-corrected chi connectivity index (χ1v) is 6.00. The smallest absolute Gasteiger partial charge is 0.344 e. The van der Waals surface area contributed by atoms with Crippen LogP contribution in [-0.4, -0.2) is 44.3 Å². The molecule has 0 radical (unpaired) electrons. The maximum Gasteiger partial charge on any atom is 0.344 e. The van der Waals surface area contributed by atoms with Crippen LogP contribution in [0.1, 0.15) is 17.3 Å². The molecule has 96 valence electrons. The fraction of sp³-hybridized carbons (Fsp3) is 0.600. The van der Waals surface area contributed by atoms with Gasteiger partial charge in [0, 0.05) is 20.2 Å². The number of anilines is 2. The number of carbonyl (C=O) groups is 1. The molecule has 0 aliphatic heterocycles. The number of esters is 1. The molecule has 1 rings (SSSR count). The van der Waals surface area contributed by atoms with Gasteiger partial charge in [-0.15, -0.1) is 0 Å². The van der Waals surface area contributed by atoms with Crippen LogP contribution in [0.5, 0.6) is 0 Å². The molecule has 0 spiro atoms. The SMILES string of the molecule is CCN(CCOC)c1snc(N)c1C(=O)OC. The molecule has 0 aliphatic carbocycles. The molecule has 1 aromatic heterocycles. The van der Waals surface area contributed by atoms with Gasteiger partial charge in [-0.25, -0.2) is 4.79 Å². The molecule has 0 atom stereocenters. The van der Waals surface area contributed by atoms with Crippen LogP contribution in [0.15, 0.2) is 0 Å². The fourth-order valence-corrected chi connectivity index (χ4v) is 2.30. The van der Waals surface area contributed by atoms with Gasteiger partial charge in [0.2, 0.25) is 0 Å². The number of likely N-dealkylation sites (N-methyl/N-ethyl adjacent to an activating group) is 1. The number of hydrogen-bond donors (Lipinski definition) is 1. The van der Waals surface area contributed by atoms with E-state index in [1.165, 1.54) is 18.6 Å². The lowest BCUT2D eigenvalue weighted by molar-refractivity contribution is 0.0603. The van der Waals surface area contributed by atoms with Crippen molar-refractivity contribution in [1.29, 1.82) is 0 Å². The second kappa shape index (κ2) is 6.41. The number of methoxy groups -OCH3 is 2. The van der Waals surface area contributed by atoms with Gasteiger partial charge in [-0.3, -0.25) is 0 Å². The Morgan fingerprint density at radius 1 is 1.53 bits per heavy atom. The molecule has 0 aliphatic rings. The lowest BCUT2D eigenvalue weighted by Gasteiger charge is -2.21. The highest BCUT2D eigenvalue weighted by molar-refractivity contribution is 7.11. The lowest BCUT2D eigenvalue weighted by Crippen LogP contribution is -2.27. The predicted octanol–water partition coefficient (Wildman–Crippen LogP) is 0.985. The summed E-state index contributed by atoms with van der Waals surface area (Å²) in [6.07, 6.45) is 0. The molecule has 1 aromatic rings. The predicted molar refractivity (Wildman–Crippen MR) is 67.6 cm³/mol. The third-order valence-corrected chi connectivity index (χ3v) is 3.25. The van der Waals surface area contributed by atoms with Crippen LogP contribution in [0.2, 0.25) is 0 Å². The average molecular weight is 259 g/mol. The van der Waals surface area contributed by atoms with Crippen molar-refractivity contribution in [3.05, 3.63) is 5.56 Å². The molecular weight excluding hydrogens is 242 g/mol. The second-order valence-electron chi connectivity index (χ2n) is 3.31. The number of nitrogens with zero attached hydrogens (tertiary/aromatic N) is 2. The summed E-state index contributed by atoms with van der Waals surface area (Å²) in [6, 6.07) is 0. The van der Waals surface area contributed by atoms with E-state index in [0.717, 1.165) is 11.5 Å². The van der Waals surface area contributed by atoms with E-state index < -0.39 is 5.97 Å². The third kappa shape index (κ3) is 3.07. The number of nitrogens with two attached hydrogens (primary N) is 1. The number of nitrogen functional groups attached to an aromatic ring is 1. The topological polar surface area (TPSA) is 77.7 Å². The van der Waals surface area contributed by atoms with Crippen LogP contribution < -0.4 is 10.6 Å². The summed E-state index contributed by atoms with van der Waals surface area (Å²) in [5.41, 5.74) is 6.02. The Hall–Kier alpha value is -1.34. The van der Waals surface area contributed by atoms with Gasteiger partial charge < -0.3 is 20.1 Å². The molecule has 2 N–H and O–H groups in total. The summed E-state index contributed by atoms with van der Waals surface area (Å²) in [6.45, 7) is 3.99. The Balaban J connectivity index is 2.98. The van der Waals surface area contributed by atoms with Crippen molar-refractivity contribution >= 4 is 28.3 Å². The second-order valence-corrected chi connectivity index (χ2v) is 4.06. The Labute approximate surface area is 104 Å². The molecule has 0 bridgehead atoms. The van der Waals surface area contributed by atoms with E-state index in [1.54, 1.807) is 7.11 Å². The lowest BCUT2D eigenvalue weighted by atomic mass is 10.3. The van der Waals surface area contributed by atoms with Gasteiger partial charge in [-0.2, -0.15) is 4.37 Å². The molecule has 0 saturated heterocycles. The summed E-state index contributed by atoms with van der Waals surface area (Å²) < 4.78 is 13.7. The zero-order valence-electron chi connectivity index (χ0n) is 10.2.